The number of thiazole rings is 1. The number of fused-ring (bicyclic) bond motifs is 1. The van der Waals surface area contributed by atoms with E-state index in [1.807, 2.05) is 19.1 Å². The molecule has 2 N–H and O–H groups in total. The van der Waals surface area contributed by atoms with Crippen molar-refractivity contribution in [3.05, 3.63) is 89.3 Å². The summed E-state index contributed by atoms with van der Waals surface area (Å²) in [6.45, 7) is 3.50. The van der Waals surface area contributed by atoms with Gasteiger partial charge < -0.3 is 10.6 Å². The van der Waals surface area contributed by atoms with Crippen LogP contribution >= 0.6 is 45.5 Å². The fourth-order valence-corrected chi connectivity index (χ4v) is 4.77. The van der Waals surface area contributed by atoms with E-state index in [9.17, 15) is 14.4 Å². The van der Waals surface area contributed by atoms with Crippen molar-refractivity contribution in [3.8, 4) is 0 Å². The second-order valence-corrected chi connectivity index (χ2v) is 9.67. The van der Waals surface area contributed by atoms with E-state index < -0.39 is 17.4 Å². The topological polar surface area (TPSA) is 92.6 Å². The number of benzene rings is 2. The SMILES string of the molecule is Cc1cc(=O)n2c(C(=O)Nc3ccc(I)cc3)c(C(=O)Nc3ccc(Cl)cc3C)sc2n1. The van der Waals surface area contributed by atoms with Gasteiger partial charge in [-0.05, 0) is 84.5 Å². The summed E-state index contributed by atoms with van der Waals surface area (Å²) < 4.78 is 2.18. The zero-order valence-electron chi connectivity index (χ0n) is 16.9. The lowest BCUT2D eigenvalue weighted by molar-refractivity contribution is 0.0989. The number of hydrogen-bond donors (Lipinski definition) is 2. The molecule has 32 heavy (non-hydrogen) atoms. The van der Waals surface area contributed by atoms with Gasteiger partial charge >= 0.3 is 0 Å². The minimum absolute atomic E-state index is 0.0647. The van der Waals surface area contributed by atoms with Gasteiger partial charge in [-0.3, -0.25) is 14.4 Å². The van der Waals surface area contributed by atoms with Crippen molar-refractivity contribution in [3.63, 3.8) is 0 Å². The zero-order chi connectivity index (χ0) is 23.0. The van der Waals surface area contributed by atoms with Crippen LogP contribution in [0.4, 0.5) is 11.4 Å². The molecule has 162 valence electrons. The van der Waals surface area contributed by atoms with Crippen molar-refractivity contribution in [2.45, 2.75) is 13.8 Å². The fraction of sp³-hybridized carbons (Fsp3) is 0.0909. The maximum absolute atomic E-state index is 13.2. The minimum atomic E-state index is -0.580. The molecule has 4 aromatic rings. The van der Waals surface area contributed by atoms with Crippen LogP contribution in [-0.4, -0.2) is 21.2 Å². The summed E-state index contributed by atoms with van der Waals surface area (Å²) in [6, 6.07) is 13.6. The Kier molecular flexibility index (Phi) is 6.31. The van der Waals surface area contributed by atoms with E-state index in [2.05, 4.69) is 38.2 Å². The van der Waals surface area contributed by atoms with Gasteiger partial charge in [-0.25, -0.2) is 9.38 Å². The van der Waals surface area contributed by atoms with Crippen molar-refractivity contribution < 1.29 is 9.59 Å². The first kappa shape index (κ1) is 22.4. The molecular formula is C22H16ClIN4O3S. The summed E-state index contributed by atoms with van der Waals surface area (Å²) in [7, 11) is 0. The summed E-state index contributed by atoms with van der Waals surface area (Å²) in [4.78, 5) is 43.8. The third-order valence-electron chi connectivity index (χ3n) is 4.61. The Hall–Kier alpha value is -2.76. The second-order valence-electron chi connectivity index (χ2n) is 7.01. The van der Waals surface area contributed by atoms with E-state index in [0.717, 1.165) is 20.5 Å². The molecule has 2 aromatic carbocycles. The molecule has 2 heterocycles. The Morgan fingerprint density at radius 3 is 2.44 bits per heavy atom. The van der Waals surface area contributed by atoms with Crippen LogP contribution in [0.15, 0.2) is 53.3 Å². The van der Waals surface area contributed by atoms with Gasteiger partial charge in [0.25, 0.3) is 17.4 Å². The molecule has 0 radical (unpaired) electrons. The second kappa shape index (κ2) is 9.00. The Morgan fingerprint density at radius 1 is 1.03 bits per heavy atom. The predicted octanol–water partition coefficient (Wildman–Crippen LogP) is 5.14. The highest BCUT2D eigenvalue weighted by molar-refractivity contribution is 14.1. The predicted molar refractivity (Wildman–Crippen MR) is 135 cm³/mol. The van der Waals surface area contributed by atoms with Crippen LogP contribution in [0.25, 0.3) is 4.96 Å². The first-order valence-electron chi connectivity index (χ1n) is 9.40. The van der Waals surface area contributed by atoms with Crippen LogP contribution in [0, 0.1) is 17.4 Å². The van der Waals surface area contributed by atoms with Crippen LogP contribution in [0.2, 0.25) is 5.02 Å². The molecule has 0 saturated heterocycles. The van der Waals surface area contributed by atoms with Crippen molar-refractivity contribution >= 4 is 73.7 Å². The van der Waals surface area contributed by atoms with Crippen LogP contribution in [0.3, 0.4) is 0 Å². The maximum Gasteiger partial charge on any atom is 0.274 e. The molecule has 0 unspecified atom stereocenters. The number of anilines is 2. The lowest BCUT2D eigenvalue weighted by Crippen LogP contribution is -2.25. The first-order valence-corrected chi connectivity index (χ1v) is 11.7. The molecule has 7 nitrogen and oxygen atoms in total. The highest BCUT2D eigenvalue weighted by atomic mass is 127. The van der Waals surface area contributed by atoms with E-state index in [0.29, 0.717) is 22.1 Å². The standard InChI is InChI=1S/C22H16ClIN4O3S/c1-11-9-13(23)3-8-16(11)27-21(31)19-18(20(30)26-15-6-4-14(24)5-7-15)28-17(29)10-12(2)25-22(28)32-19/h3-10H,1-2H3,(H,26,30)(H,27,31). The van der Waals surface area contributed by atoms with E-state index in [1.54, 1.807) is 37.3 Å². The first-order chi connectivity index (χ1) is 15.2. The fourth-order valence-electron chi connectivity index (χ4n) is 3.11. The van der Waals surface area contributed by atoms with E-state index in [-0.39, 0.29) is 15.5 Å². The molecule has 0 aliphatic carbocycles. The van der Waals surface area contributed by atoms with Crippen molar-refractivity contribution in [2.24, 2.45) is 0 Å². The molecular weight excluding hydrogens is 563 g/mol. The van der Waals surface area contributed by atoms with E-state index in [1.165, 1.54) is 10.5 Å². The van der Waals surface area contributed by atoms with Crippen LogP contribution in [0.5, 0.6) is 0 Å². The third-order valence-corrected chi connectivity index (χ3v) is 6.60. The van der Waals surface area contributed by atoms with Gasteiger partial charge in [0.05, 0.1) is 0 Å². The molecule has 4 rings (SSSR count). The number of halogens is 2. The number of amides is 2. The molecule has 0 aliphatic heterocycles. The van der Waals surface area contributed by atoms with Crippen molar-refractivity contribution in [2.75, 3.05) is 10.6 Å². The van der Waals surface area contributed by atoms with E-state index >= 15 is 0 Å². The molecule has 0 bridgehead atoms. The van der Waals surface area contributed by atoms with Crippen LogP contribution < -0.4 is 16.2 Å². The monoisotopic (exact) mass is 578 g/mol. The number of rotatable bonds is 4. The van der Waals surface area contributed by atoms with Gasteiger partial charge in [-0.1, -0.05) is 22.9 Å². The maximum atomic E-state index is 13.2. The van der Waals surface area contributed by atoms with Gasteiger partial charge in [0, 0.05) is 31.7 Å². The van der Waals surface area contributed by atoms with Gasteiger partial charge in [0.1, 0.15) is 10.6 Å². The highest BCUT2D eigenvalue weighted by Crippen LogP contribution is 2.26. The Bertz CT molecular complexity index is 1430. The molecule has 0 fully saturated rings. The van der Waals surface area contributed by atoms with E-state index in [4.69, 9.17) is 11.6 Å². The highest BCUT2D eigenvalue weighted by Gasteiger charge is 2.26. The van der Waals surface area contributed by atoms with Crippen LogP contribution in [-0.2, 0) is 0 Å². The number of nitrogens with one attached hydrogen (secondary N) is 2. The Balaban J connectivity index is 1.79. The van der Waals surface area contributed by atoms with Crippen molar-refractivity contribution in [1.82, 2.24) is 9.38 Å². The summed E-state index contributed by atoms with van der Waals surface area (Å²) in [5.41, 5.74) is 1.87. The van der Waals surface area contributed by atoms with Gasteiger partial charge in [0.2, 0.25) is 0 Å². The van der Waals surface area contributed by atoms with Crippen LogP contribution in [0.1, 0.15) is 31.4 Å². The number of carbonyl (C=O) groups excluding carboxylic acids is 2. The third kappa shape index (κ3) is 4.54. The van der Waals surface area contributed by atoms with Crippen molar-refractivity contribution in [1.29, 1.82) is 0 Å². The number of nitrogens with zero attached hydrogens (tertiary/aromatic N) is 2. The normalized spacial score (nSPS) is 10.9. The Labute approximate surface area is 205 Å². The lowest BCUT2D eigenvalue weighted by Gasteiger charge is -2.10. The van der Waals surface area contributed by atoms with Gasteiger partial charge in [-0.15, -0.1) is 0 Å². The molecule has 2 amide bonds. The lowest BCUT2D eigenvalue weighted by atomic mass is 10.2. The molecule has 0 aliphatic rings. The molecule has 0 saturated carbocycles. The number of aryl methyl sites for hydroxylation is 2. The average Bonchev–Trinajstić information content (AvgIpc) is 3.11. The quantitative estimate of drug-likeness (QED) is 0.328. The smallest absolute Gasteiger partial charge is 0.274 e. The minimum Gasteiger partial charge on any atom is -0.321 e. The molecule has 2 aromatic heterocycles. The molecule has 10 heteroatoms. The number of aromatic nitrogens is 2. The largest absolute Gasteiger partial charge is 0.321 e. The summed E-state index contributed by atoms with van der Waals surface area (Å²) in [5, 5.41) is 6.11. The van der Waals surface area contributed by atoms with Gasteiger partial charge in [-0.2, -0.15) is 0 Å². The number of carbonyl (C=O) groups is 2. The zero-order valence-corrected chi connectivity index (χ0v) is 20.6. The average molecular weight is 579 g/mol. The summed E-state index contributed by atoms with van der Waals surface area (Å²) >= 11 is 9.14. The number of hydrogen-bond acceptors (Lipinski definition) is 5. The van der Waals surface area contributed by atoms with Gasteiger partial charge in [0.15, 0.2) is 4.96 Å². The summed E-state index contributed by atoms with van der Waals surface area (Å²) in [5.74, 6) is -1.10. The summed E-state index contributed by atoms with van der Waals surface area (Å²) in [6.07, 6.45) is 0. The Morgan fingerprint density at radius 2 is 1.75 bits per heavy atom. The molecule has 0 atom stereocenters. The molecule has 0 spiro atoms.